The van der Waals surface area contributed by atoms with Crippen molar-refractivity contribution in [3.8, 4) is 0 Å². The first-order valence-corrected chi connectivity index (χ1v) is 10.9. The highest BCUT2D eigenvalue weighted by atomic mass is 16.7. The first kappa shape index (κ1) is 19.7. The number of allylic oxidation sites excluding steroid dienone is 5. The van der Waals surface area contributed by atoms with E-state index in [1.54, 1.807) is 0 Å². The number of fused-ring (bicyclic) bond motifs is 7. The SMILES string of the molecule is C=C1C=C[C@@]2(C)C(=C1)CC[C@@H]1[C@@H]2[C@@H](O)C[C@@]2(C)[C@H]1C[C@H]1OC(C)O[C@]12C(=O)CO. The molecule has 0 aromatic rings. The van der Waals surface area contributed by atoms with E-state index in [0.717, 1.165) is 24.8 Å². The Hall–Kier alpha value is -1.27. The summed E-state index contributed by atoms with van der Waals surface area (Å²) < 4.78 is 12.2. The maximum Gasteiger partial charge on any atom is 0.193 e. The molecule has 2 N–H and O–H groups in total. The Labute approximate surface area is 172 Å². The lowest BCUT2D eigenvalue weighted by molar-refractivity contribution is -0.197. The standard InChI is InChI=1S/C24H32O5/c1-13-7-8-22(3)15(9-13)5-6-16-17-10-20-24(19(27)12-25,29-14(2)28-20)23(17,4)11-18(26)21(16)22/h7-9,14,16-18,20-21,25-26H,1,5-6,10-12H2,2-4H3/t14?,16-,17-,18-,20+,21+,22-,23-,24+/m0/s1. The molecule has 3 saturated carbocycles. The van der Waals surface area contributed by atoms with E-state index in [4.69, 9.17) is 9.47 Å². The van der Waals surface area contributed by atoms with E-state index in [-0.39, 0.29) is 35.1 Å². The third-order valence-corrected chi connectivity index (χ3v) is 9.01. The zero-order chi connectivity index (χ0) is 20.8. The molecule has 5 rings (SSSR count). The van der Waals surface area contributed by atoms with Crippen molar-refractivity contribution in [2.24, 2.45) is 28.6 Å². The molecule has 1 unspecified atom stereocenters. The maximum atomic E-state index is 13.1. The number of carbonyl (C=O) groups excluding carboxylic acids is 1. The second kappa shape index (κ2) is 6.13. The van der Waals surface area contributed by atoms with Gasteiger partial charge in [-0.05, 0) is 50.0 Å². The molecule has 0 aromatic heterocycles. The number of hydrogen-bond donors (Lipinski definition) is 2. The Morgan fingerprint density at radius 3 is 2.86 bits per heavy atom. The molecule has 1 aliphatic heterocycles. The predicted octanol–water partition coefficient (Wildman–Crippen LogP) is 2.92. The Kier molecular flexibility index (Phi) is 4.16. The average Bonchev–Trinajstić information content (AvgIpc) is 3.12. The summed E-state index contributed by atoms with van der Waals surface area (Å²) in [5.41, 5.74) is 0.471. The monoisotopic (exact) mass is 400 g/mol. The molecule has 0 spiro atoms. The maximum absolute atomic E-state index is 13.1. The van der Waals surface area contributed by atoms with Crippen molar-refractivity contribution < 1.29 is 24.5 Å². The molecule has 0 amide bonds. The molecule has 4 aliphatic carbocycles. The van der Waals surface area contributed by atoms with Gasteiger partial charge >= 0.3 is 0 Å². The van der Waals surface area contributed by atoms with Crippen molar-refractivity contribution in [2.45, 2.75) is 70.6 Å². The summed E-state index contributed by atoms with van der Waals surface area (Å²) in [4.78, 5) is 13.1. The minimum atomic E-state index is -1.16. The summed E-state index contributed by atoms with van der Waals surface area (Å²) in [6.07, 6.45) is 8.28. The van der Waals surface area contributed by atoms with Crippen LogP contribution in [0, 0.1) is 28.6 Å². The first-order chi connectivity index (χ1) is 13.7. The molecule has 0 aromatic carbocycles. The molecule has 9 atom stereocenters. The van der Waals surface area contributed by atoms with Crippen LogP contribution < -0.4 is 0 Å². The van der Waals surface area contributed by atoms with Gasteiger partial charge in [-0.15, -0.1) is 0 Å². The number of carbonyl (C=O) groups is 1. The Morgan fingerprint density at radius 1 is 1.38 bits per heavy atom. The van der Waals surface area contributed by atoms with E-state index in [2.05, 4.69) is 38.7 Å². The lowest BCUT2D eigenvalue weighted by atomic mass is 9.46. The topological polar surface area (TPSA) is 76.0 Å². The highest BCUT2D eigenvalue weighted by Crippen LogP contribution is 2.69. The van der Waals surface area contributed by atoms with Crippen LogP contribution in [0.5, 0.6) is 0 Å². The summed E-state index contributed by atoms with van der Waals surface area (Å²) >= 11 is 0. The fourth-order valence-corrected chi connectivity index (χ4v) is 7.94. The zero-order valence-electron chi connectivity index (χ0n) is 17.6. The normalized spacial score (nSPS) is 53.0. The van der Waals surface area contributed by atoms with E-state index in [1.165, 1.54) is 5.57 Å². The number of rotatable bonds is 2. The van der Waals surface area contributed by atoms with Crippen LogP contribution in [0.3, 0.4) is 0 Å². The second-order valence-corrected chi connectivity index (χ2v) is 10.2. The van der Waals surface area contributed by atoms with Gasteiger partial charge in [-0.3, -0.25) is 4.79 Å². The summed E-state index contributed by atoms with van der Waals surface area (Å²) in [5, 5.41) is 21.3. The molecular weight excluding hydrogens is 368 g/mol. The lowest BCUT2D eigenvalue weighted by Gasteiger charge is -2.59. The highest BCUT2D eigenvalue weighted by Gasteiger charge is 2.75. The van der Waals surface area contributed by atoms with E-state index in [1.807, 2.05) is 6.92 Å². The molecule has 1 heterocycles. The third kappa shape index (κ3) is 2.28. The molecule has 0 radical (unpaired) electrons. The van der Waals surface area contributed by atoms with Gasteiger partial charge < -0.3 is 19.7 Å². The van der Waals surface area contributed by atoms with Crippen LogP contribution in [-0.2, 0) is 14.3 Å². The van der Waals surface area contributed by atoms with Crippen molar-refractivity contribution in [3.63, 3.8) is 0 Å². The van der Waals surface area contributed by atoms with Crippen LogP contribution in [0.1, 0.15) is 46.5 Å². The molecule has 0 bridgehead atoms. The smallest absolute Gasteiger partial charge is 0.193 e. The minimum absolute atomic E-state index is 0.0995. The number of Topliss-reactive ketones (excluding diaryl/α,β-unsaturated/α-hetero) is 1. The highest BCUT2D eigenvalue weighted by molar-refractivity contribution is 5.91. The largest absolute Gasteiger partial charge is 0.393 e. The lowest BCUT2D eigenvalue weighted by Crippen LogP contribution is -2.63. The molecular formula is C24H32O5. The molecule has 1 saturated heterocycles. The van der Waals surface area contributed by atoms with E-state index in [9.17, 15) is 15.0 Å². The minimum Gasteiger partial charge on any atom is -0.393 e. The van der Waals surface area contributed by atoms with Gasteiger partial charge in [0.15, 0.2) is 17.7 Å². The van der Waals surface area contributed by atoms with Crippen LogP contribution in [0.4, 0.5) is 0 Å². The Balaban J connectivity index is 1.59. The van der Waals surface area contributed by atoms with Crippen molar-refractivity contribution in [1.29, 1.82) is 0 Å². The summed E-state index contributed by atoms with van der Waals surface area (Å²) in [7, 11) is 0. The van der Waals surface area contributed by atoms with E-state index >= 15 is 0 Å². The van der Waals surface area contributed by atoms with Gasteiger partial charge in [0, 0.05) is 16.7 Å². The van der Waals surface area contributed by atoms with Crippen LogP contribution in [0.2, 0.25) is 0 Å². The van der Waals surface area contributed by atoms with Gasteiger partial charge in [0.2, 0.25) is 0 Å². The predicted molar refractivity (Wildman–Crippen MR) is 108 cm³/mol. The van der Waals surface area contributed by atoms with Gasteiger partial charge in [0.05, 0.1) is 12.2 Å². The third-order valence-electron chi connectivity index (χ3n) is 9.01. The fraction of sp³-hybridized carbons (Fsp3) is 0.708. The van der Waals surface area contributed by atoms with Crippen molar-refractivity contribution in [1.82, 2.24) is 0 Å². The molecule has 5 heteroatoms. The van der Waals surface area contributed by atoms with Crippen LogP contribution >= 0.6 is 0 Å². The molecule has 158 valence electrons. The van der Waals surface area contributed by atoms with E-state index in [0.29, 0.717) is 6.42 Å². The Morgan fingerprint density at radius 2 is 2.14 bits per heavy atom. The number of aliphatic hydroxyl groups excluding tert-OH is 2. The van der Waals surface area contributed by atoms with E-state index < -0.39 is 30.0 Å². The zero-order valence-corrected chi connectivity index (χ0v) is 17.6. The van der Waals surface area contributed by atoms with Crippen LogP contribution in [0.15, 0.2) is 36.0 Å². The number of hydrogen-bond acceptors (Lipinski definition) is 5. The molecule has 5 nitrogen and oxygen atoms in total. The van der Waals surface area contributed by atoms with Gasteiger partial charge in [-0.25, -0.2) is 0 Å². The molecule has 4 fully saturated rings. The van der Waals surface area contributed by atoms with Gasteiger partial charge in [-0.2, -0.15) is 0 Å². The van der Waals surface area contributed by atoms with Crippen molar-refractivity contribution in [3.05, 3.63) is 36.0 Å². The van der Waals surface area contributed by atoms with Crippen molar-refractivity contribution in [2.75, 3.05) is 6.61 Å². The first-order valence-electron chi connectivity index (χ1n) is 10.9. The van der Waals surface area contributed by atoms with Gasteiger partial charge in [0.25, 0.3) is 0 Å². The average molecular weight is 401 g/mol. The van der Waals surface area contributed by atoms with Gasteiger partial charge in [0.1, 0.15) is 6.61 Å². The van der Waals surface area contributed by atoms with Gasteiger partial charge in [-0.1, -0.05) is 44.2 Å². The molecule has 5 aliphatic rings. The number of aliphatic hydroxyl groups is 2. The molecule has 29 heavy (non-hydrogen) atoms. The van der Waals surface area contributed by atoms with Crippen LogP contribution in [0.25, 0.3) is 0 Å². The summed E-state index contributed by atoms with van der Waals surface area (Å²) in [6.45, 7) is 9.66. The Bertz CT molecular complexity index is 829. The number of ether oxygens (including phenoxy) is 2. The second-order valence-electron chi connectivity index (χ2n) is 10.2. The fourth-order valence-electron chi connectivity index (χ4n) is 7.94. The quantitative estimate of drug-likeness (QED) is 0.745. The van der Waals surface area contributed by atoms with Crippen LogP contribution in [-0.4, -0.2) is 46.7 Å². The van der Waals surface area contributed by atoms with Crippen molar-refractivity contribution >= 4 is 5.78 Å². The summed E-state index contributed by atoms with van der Waals surface area (Å²) in [6, 6.07) is 0. The summed E-state index contributed by atoms with van der Waals surface area (Å²) in [5.74, 6) is 0.278. The number of ketones is 1.